The summed E-state index contributed by atoms with van der Waals surface area (Å²) in [7, 11) is 1.17. The van der Waals surface area contributed by atoms with E-state index < -0.39 is 10.9 Å². The summed E-state index contributed by atoms with van der Waals surface area (Å²) in [5, 5.41) is 12.4. The highest BCUT2D eigenvalue weighted by atomic mass is 35.5. The van der Waals surface area contributed by atoms with Gasteiger partial charge in [-0.15, -0.1) is 0 Å². The molecule has 10 heteroatoms. The number of nitrogens with zero attached hydrogens (tertiary/aromatic N) is 3. The van der Waals surface area contributed by atoms with E-state index in [4.69, 9.17) is 32.9 Å². The summed E-state index contributed by atoms with van der Waals surface area (Å²) < 4.78 is 12.6. The van der Waals surface area contributed by atoms with E-state index in [-0.39, 0.29) is 17.0 Å². The molecule has 0 N–H and O–H groups in total. The van der Waals surface area contributed by atoms with Gasteiger partial charge < -0.3 is 14.0 Å². The van der Waals surface area contributed by atoms with Crippen molar-refractivity contribution in [2.45, 2.75) is 19.9 Å². The first-order valence-corrected chi connectivity index (χ1v) is 13.8. The maximum Gasteiger partial charge on any atom is 0.345 e. The Morgan fingerprint density at radius 3 is 2.21 bits per heavy atom. The number of halogens is 2. The van der Waals surface area contributed by atoms with Gasteiger partial charge in [-0.3, -0.25) is 10.1 Å². The Hall–Kier alpha value is -4.66. The molecule has 0 spiro atoms. The first-order chi connectivity index (χ1) is 20.2. The molecule has 4 aromatic carbocycles. The van der Waals surface area contributed by atoms with Crippen LogP contribution in [0.4, 0.5) is 5.69 Å². The van der Waals surface area contributed by atoms with E-state index in [1.165, 1.54) is 25.3 Å². The number of esters is 1. The topological polar surface area (TPSA) is 96.5 Å². The molecule has 0 aliphatic heterocycles. The largest absolute Gasteiger partial charge is 0.465 e. The number of aromatic nitrogens is 2. The Balaban J connectivity index is 1.29. The number of imidazole rings is 1. The van der Waals surface area contributed by atoms with Gasteiger partial charge in [0.2, 0.25) is 0 Å². The second-order valence-corrected chi connectivity index (χ2v) is 10.2. The fourth-order valence-corrected chi connectivity index (χ4v) is 5.06. The molecule has 8 nitrogen and oxygen atoms in total. The zero-order valence-electron chi connectivity index (χ0n) is 22.7. The fraction of sp³-hybridized carbons (Fsp3) is 0.125. The molecule has 0 saturated carbocycles. The summed E-state index contributed by atoms with van der Waals surface area (Å²) in [6.07, 6.45) is 2.67. The number of carbonyl (C=O) groups excluding carboxylic acids is 1. The van der Waals surface area contributed by atoms with Gasteiger partial charge in [0.05, 0.1) is 22.7 Å². The van der Waals surface area contributed by atoms with Crippen LogP contribution in [0.2, 0.25) is 10.0 Å². The minimum atomic E-state index is -0.809. The molecule has 1 aromatic heterocycles. The summed E-state index contributed by atoms with van der Waals surface area (Å²) >= 11 is 12.5. The van der Waals surface area contributed by atoms with Gasteiger partial charge in [-0.25, -0.2) is 9.78 Å². The van der Waals surface area contributed by atoms with Crippen molar-refractivity contribution in [2.75, 3.05) is 7.11 Å². The molecule has 5 aromatic rings. The van der Waals surface area contributed by atoms with Crippen molar-refractivity contribution >= 4 is 34.9 Å². The molecule has 0 aliphatic carbocycles. The molecule has 0 unspecified atom stereocenters. The molecule has 0 radical (unpaired) electrons. The van der Waals surface area contributed by atoms with Crippen molar-refractivity contribution in [2.24, 2.45) is 0 Å². The summed E-state index contributed by atoms with van der Waals surface area (Å²) in [6, 6.07) is 25.1. The van der Waals surface area contributed by atoms with E-state index in [2.05, 4.69) is 40.5 Å². The van der Waals surface area contributed by atoms with Crippen LogP contribution >= 0.6 is 23.2 Å². The van der Waals surface area contributed by atoms with Gasteiger partial charge >= 0.3 is 5.97 Å². The number of benzene rings is 4. The predicted molar refractivity (Wildman–Crippen MR) is 163 cm³/mol. The number of carbonyl (C=O) groups is 1. The van der Waals surface area contributed by atoms with E-state index in [1.807, 2.05) is 24.4 Å². The second-order valence-electron chi connectivity index (χ2n) is 9.38. The molecule has 0 aliphatic rings. The van der Waals surface area contributed by atoms with Gasteiger partial charge in [-0.05, 0) is 60.0 Å². The average molecular weight is 602 g/mol. The van der Waals surface area contributed by atoms with Crippen molar-refractivity contribution in [3.05, 3.63) is 128 Å². The van der Waals surface area contributed by atoms with Gasteiger partial charge in [0.15, 0.2) is 0 Å². The number of ether oxygens (including phenoxy) is 2. The molecule has 5 rings (SSSR count). The summed E-state index contributed by atoms with van der Waals surface area (Å²) in [6.45, 7) is 2.86. The summed E-state index contributed by atoms with van der Waals surface area (Å²) in [4.78, 5) is 27.5. The average Bonchev–Trinajstić information content (AvgIpc) is 3.39. The predicted octanol–water partition coefficient (Wildman–Crippen LogP) is 8.62. The maximum absolute atomic E-state index is 12.0. The highest BCUT2D eigenvalue weighted by Gasteiger charge is 2.22. The van der Waals surface area contributed by atoms with Crippen LogP contribution in [0, 0.1) is 10.1 Å². The lowest BCUT2D eigenvalue weighted by atomic mass is 10.0. The lowest BCUT2D eigenvalue weighted by Crippen LogP contribution is -2.05. The Labute approximate surface area is 252 Å². The minimum absolute atomic E-state index is 0.178. The third-order valence-corrected chi connectivity index (χ3v) is 7.26. The molecule has 212 valence electrons. The van der Waals surface area contributed by atoms with Crippen LogP contribution < -0.4 is 4.74 Å². The SMILES string of the molecule is CCn1cc(-c2ccc(Cl)cc2Cl)nc1Cc1ccc(-c2ccc(Oc3ccc([N+](=O)[O-])c(C(=O)OC)c3)cc2)cc1. The van der Waals surface area contributed by atoms with Gasteiger partial charge in [0, 0.05) is 41.9 Å². The smallest absolute Gasteiger partial charge is 0.345 e. The lowest BCUT2D eigenvalue weighted by Gasteiger charge is -2.09. The third kappa shape index (κ3) is 6.30. The molecule has 0 bridgehead atoms. The van der Waals surface area contributed by atoms with Crippen LogP contribution in [0.5, 0.6) is 11.5 Å². The molecular formula is C32H25Cl2N3O5. The quantitative estimate of drug-likeness (QED) is 0.0952. The number of nitro benzene ring substituents is 1. The Bertz CT molecular complexity index is 1770. The van der Waals surface area contributed by atoms with E-state index in [9.17, 15) is 14.9 Å². The van der Waals surface area contributed by atoms with Crippen molar-refractivity contribution in [3.8, 4) is 33.9 Å². The summed E-state index contributed by atoms with van der Waals surface area (Å²) in [5.74, 6) is 0.929. The molecule has 0 saturated heterocycles. The number of methoxy groups -OCH3 is 1. The molecule has 0 amide bonds. The van der Waals surface area contributed by atoms with Crippen LogP contribution in [0.3, 0.4) is 0 Å². The van der Waals surface area contributed by atoms with Crippen molar-refractivity contribution < 1.29 is 19.2 Å². The zero-order chi connectivity index (χ0) is 29.8. The minimum Gasteiger partial charge on any atom is -0.465 e. The standard InChI is InChI=1S/C32H25Cl2N3O5/c1-3-36-19-29(26-14-10-23(33)17-28(26)34)35-31(36)16-20-4-6-21(7-5-20)22-8-11-24(12-9-22)42-25-13-15-30(37(39)40)27(18-25)32(38)41-2/h4-15,17-19H,3,16H2,1-2H3. The summed E-state index contributed by atoms with van der Waals surface area (Å²) in [5.41, 5.74) is 4.26. The first kappa shape index (κ1) is 28.9. The Morgan fingerprint density at radius 1 is 0.929 bits per heavy atom. The van der Waals surface area contributed by atoms with Crippen molar-refractivity contribution in [1.29, 1.82) is 0 Å². The zero-order valence-corrected chi connectivity index (χ0v) is 24.2. The number of aryl methyl sites for hydroxylation is 1. The maximum atomic E-state index is 12.0. The van der Waals surface area contributed by atoms with Gasteiger partial charge in [-0.2, -0.15) is 0 Å². The number of nitro groups is 1. The molecular weight excluding hydrogens is 577 g/mol. The van der Waals surface area contributed by atoms with Crippen LogP contribution in [-0.4, -0.2) is 27.6 Å². The van der Waals surface area contributed by atoms with Crippen molar-refractivity contribution in [1.82, 2.24) is 9.55 Å². The number of hydrogen-bond donors (Lipinski definition) is 0. The van der Waals surface area contributed by atoms with Crippen LogP contribution in [-0.2, 0) is 17.7 Å². The normalized spacial score (nSPS) is 10.9. The monoisotopic (exact) mass is 601 g/mol. The Morgan fingerprint density at radius 2 is 1.60 bits per heavy atom. The van der Waals surface area contributed by atoms with E-state index in [1.54, 1.807) is 24.3 Å². The lowest BCUT2D eigenvalue weighted by molar-refractivity contribution is -0.385. The van der Waals surface area contributed by atoms with Crippen LogP contribution in [0.25, 0.3) is 22.4 Å². The number of rotatable bonds is 9. The number of hydrogen-bond acceptors (Lipinski definition) is 6. The second kappa shape index (κ2) is 12.5. The van der Waals surface area contributed by atoms with Crippen LogP contribution in [0.1, 0.15) is 28.7 Å². The van der Waals surface area contributed by atoms with E-state index in [0.717, 1.165) is 40.3 Å². The first-order valence-electron chi connectivity index (χ1n) is 13.0. The van der Waals surface area contributed by atoms with Gasteiger partial charge in [0.1, 0.15) is 22.9 Å². The van der Waals surface area contributed by atoms with Gasteiger partial charge in [-0.1, -0.05) is 59.6 Å². The van der Waals surface area contributed by atoms with Gasteiger partial charge in [0.25, 0.3) is 5.69 Å². The Kier molecular flexibility index (Phi) is 8.56. The fourth-order valence-electron chi connectivity index (χ4n) is 4.56. The highest BCUT2D eigenvalue weighted by molar-refractivity contribution is 6.36. The third-order valence-electron chi connectivity index (χ3n) is 6.72. The highest BCUT2D eigenvalue weighted by Crippen LogP contribution is 2.32. The van der Waals surface area contributed by atoms with E-state index >= 15 is 0 Å². The van der Waals surface area contributed by atoms with Crippen molar-refractivity contribution in [3.63, 3.8) is 0 Å². The van der Waals surface area contributed by atoms with E-state index in [0.29, 0.717) is 22.2 Å². The molecule has 42 heavy (non-hydrogen) atoms. The molecule has 0 fully saturated rings. The molecule has 1 heterocycles. The van der Waals surface area contributed by atoms with Crippen LogP contribution in [0.15, 0.2) is 91.1 Å². The molecule has 0 atom stereocenters.